The number of rotatable bonds is 7. The summed E-state index contributed by atoms with van der Waals surface area (Å²) in [5.74, 6) is -1.41. The van der Waals surface area contributed by atoms with Gasteiger partial charge in [0.1, 0.15) is 18.9 Å². The second kappa shape index (κ2) is 8.18. The molecule has 3 rings (SSSR count). The van der Waals surface area contributed by atoms with Crippen LogP contribution in [0.2, 0.25) is 0 Å². The number of likely N-dealkylation sites (tertiary alicyclic amines) is 1. The average Bonchev–Trinajstić information content (AvgIpc) is 3.26. The first kappa shape index (κ1) is 20.1. The molecule has 2 fully saturated rings. The van der Waals surface area contributed by atoms with Crippen molar-refractivity contribution in [3.05, 3.63) is 36.6 Å². The molecule has 3 aliphatic heterocycles. The van der Waals surface area contributed by atoms with Crippen LogP contribution in [0.15, 0.2) is 36.6 Å². The number of carbonyl (C=O) groups is 3. The van der Waals surface area contributed by atoms with Crippen molar-refractivity contribution in [1.82, 2.24) is 9.80 Å². The molecule has 0 aliphatic carbocycles. The number of hydrogen-bond acceptors (Lipinski definition) is 6. The molecule has 28 heavy (non-hydrogen) atoms. The molecular weight excluding hydrogens is 364 g/mol. The van der Waals surface area contributed by atoms with Crippen LogP contribution < -0.4 is 0 Å². The molecule has 0 radical (unpaired) electrons. The lowest BCUT2D eigenvalue weighted by atomic mass is 9.82. The third-order valence-corrected chi connectivity index (χ3v) is 5.55. The summed E-state index contributed by atoms with van der Waals surface area (Å²) in [6.07, 6.45) is 2.94. The lowest BCUT2D eigenvalue weighted by Gasteiger charge is -2.44. The number of hydrogen-bond donors (Lipinski definition) is 1. The third kappa shape index (κ3) is 3.44. The summed E-state index contributed by atoms with van der Waals surface area (Å²) in [6.45, 7) is 9.76. The maximum absolute atomic E-state index is 12.6. The Labute approximate surface area is 164 Å². The lowest BCUT2D eigenvalue weighted by molar-refractivity contribution is -0.162. The van der Waals surface area contributed by atoms with E-state index in [0.717, 1.165) is 5.57 Å². The number of β-lactam (4-membered cyclic amide) rings is 1. The van der Waals surface area contributed by atoms with E-state index in [1.165, 1.54) is 17.1 Å². The molecule has 0 unspecified atom stereocenters. The zero-order valence-corrected chi connectivity index (χ0v) is 16.0. The predicted molar refractivity (Wildman–Crippen MR) is 99.8 cm³/mol. The Kier molecular flexibility index (Phi) is 5.88. The number of aliphatic hydroxyl groups is 1. The summed E-state index contributed by atoms with van der Waals surface area (Å²) in [7, 11) is 0. The largest absolute Gasteiger partial charge is 0.457 e. The Hall–Kier alpha value is -2.61. The Morgan fingerprint density at radius 2 is 1.96 bits per heavy atom. The molecule has 0 aromatic heterocycles. The Balaban J connectivity index is 1.80. The first-order valence-electron chi connectivity index (χ1n) is 9.45. The molecule has 3 heterocycles. The molecule has 4 atom stereocenters. The summed E-state index contributed by atoms with van der Waals surface area (Å²) in [6, 6.07) is -0.240. The molecule has 8 nitrogen and oxygen atoms in total. The molecular formula is C20H26N2O6. The average molecular weight is 390 g/mol. The summed E-state index contributed by atoms with van der Waals surface area (Å²) in [5.41, 5.74) is 1.08. The van der Waals surface area contributed by atoms with Gasteiger partial charge in [-0.15, -0.1) is 0 Å². The highest BCUT2D eigenvalue weighted by Crippen LogP contribution is 2.47. The van der Waals surface area contributed by atoms with E-state index in [2.05, 4.69) is 13.2 Å². The van der Waals surface area contributed by atoms with E-state index in [0.29, 0.717) is 25.9 Å². The van der Waals surface area contributed by atoms with Crippen molar-refractivity contribution in [3.63, 3.8) is 0 Å². The van der Waals surface area contributed by atoms with E-state index < -0.39 is 24.1 Å². The highest BCUT2D eigenvalue weighted by molar-refractivity contribution is 6.00. The van der Waals surface area contributed by atoms with Crippen LogP contribution in [-0.4, -0.2) is 71.3 Å². The van der Waals surface area contributed by atoms with Gasteiger partial charge in [-0.1, -0.05) is 25.3 Å². The Morgan fingerprint density at radius 1 is 1.29 bits per heavy atom. The van der Waals surface area contributed by atoms with Crippen LogP contribution in [-0.2, 0) is 19.1 Å². The van der Waals surface area contributed by atoms with Gasteiger partial charge in [-0.25, -0.2) is 9.59 Å². The fourth-order valence-electron chi connectivity index (χ4n) is 4.29. The molecule has 0 spiro atoms. The van der Waals surface area contributed by atoms with Crippen LogP contribution in [0.25, 0.3) is 0 Å². The third-order valence-electron chi connectivity index (χ3n) is 5.55. The van der Waals surface area contributed by atoms with Gasteiger partial charge in [0.05, 0.1) is 18.1 Å². The van der Waals surface area contributed by atoms with Crippen LogP contribution in [0, 0.1) is 11.8 Å². The van der Waals surface area contributed by atoms with Crippen LogP contribution in [0.1, 0.15) is 19.8 Å². The lowest BCUT2D eigenvalue weighted by Crippen LogP contribution is -2.61. The number of fused-ring (bicyclic) bond motifs is 1. The van der Waals surface area contributed by atoms with E-state index in [9.17, 15) is 19.5 Å². The topological polar surface area (TPSA) is 96.4 Å². The van der Waals surface area contributed by atoms with Crippen molar-refractivity contribution >= 4 is 18.0 Å². The highest BCUT2D eigenvalue weighted by atomic mass is 16.6. The number of aliphatic hydroxyl groups excluding tert-OH is 1. The minimum Gasteiger partial charge on any atom is -0.457 e. The van der Waals surface area contributed by atoms with Gasteiger partial charge in [0, 0.05) is 19.0 Å². The summed E-state index contributed by atoms with van der Waals surface area (Å²) >= 11 is 0. The summed E-state index contributed by atoms with van der Waals surface area (Å²) in [5, 5.41) is 9.93. The Morgan fingerprint density at radius 3 is 2.61 bits per heavy atom. The van der Waals surface area contributed by atoms with Crippen LogP contribution in [0.4, 0.5) is 4.79 Å². The number of esters is 1. The van der Waals surface area contributed by atoms with Gasteiger partial charge >= 0.3 is 12.1 Å². The van der Waals surface area contributed by atoms with Gasteiger partial charge in [0.2, 0.25) is 5.91 Å². The van der Waals surface area contributed by atoms with Crippen LogP contribution in [0.5, 0.6) is 0 Å². The SMILES string of the molecule is C=CCOC(=O)C1=C([C@@H]2CCN(C(=O)OCC=C)C2)C[C@@H]2[C@@H]([C@@H](C)O)C(=O)N12. The molecule has 1 N–H and O–H groups in total. The van der Waals surface area contributed by atoms with Crippen LogP contribution in [0.3, 0.4) is 0 Å². The van der Waals surface area contributed by atoms with Crippen molar-refractivity contribution in [2.45, 2.75) is 31.9 Å². The first-order valence-corrected chi connectivity index (χ1v) is 9.45. The van der Waals surface area contributed by atoms with Gasteiger partial charge in [-0.2, -0.15) is 0 Å². The first-order chi connectivity index (χ1) is 13.4. The standard InChI is InChI=1S/C20H26N2O6/c1-4-8-27-19(25)17-14(10-15-16(12(3)23)18(24)22(15)17)13-6-7-21(11-13)20(26)28-9-5-2/h4-5,12-13,15-16,23H,1-2,6-11H2,3H3/t12-,13-,15-,16-/m1/s1. The van der Waals surface area contributed by atoms with E-state index in [4.69, 9.17) is 9.47 Å². The highest BCUT2D eigenvalue weighted by Gasteiger charge is 2.57. The van der Waals surface area contributed by atoms with E-state index in [-0.39, 0.29) is 36.8 Å². The normalized spacial score (nSPS) is 27.2. The van der Waals surface area contributed by atoms with Crippen molar-refractivity contribution in [2.75, 3.05) is 26.3 Å². The molecule has 3 aliphatic rings. The monoisotopic (exact) mass is 390 g/mol. The van der Waals surface area contributed by atoms with Crippen molar-refractivity contribution in [3.8, 4) is 0 Å². The minimum absolute atomic E-state index is 0.0484. The zero-order valence-electron chi connectivity index (χ0n) is 16.0. The molecule has 0 aromatic carbocycles. The van der Waals surface area contributed by atoms with Gasteiger partial charge in [0.15, 0.2) is 0 Å². The van der Waals surface area contributed by atoms with Crippen molar-refractivity contribution in [2.24, 2.45) is 11.8 Å². The smallest absolute Gasteiger partial charge is 0.410 e. The molecule has 152 valence electrons. The summed E-state index contributed by atoms with van der Waals surface area (Å²) in [4.78, 5) is 40.3. The number of carbonyl (C=O) groups excluding carboxylic acids is 3. The number of nitrogens with zero attached hydrogens (tertiary/aromatic N) is 2. The van der Waals surface area contributed by atoms with Crippen molar-refractivity contribution < 1.29 is 29.0 Å². The van der Waals surface area contributed by atoms with E-state index in [1.807, 2.05) is 0 Å². The Bertz CT molecular complexity index is 728. The van der Waals surface area contributed by atoms with E-state index >= 15 is 0 Å². The molecule has 0 saturated carbocycles. The number of amides is 2. The fraction of sp³-hybridized carbons (Fsp3) is 0.550. The fourth-order valence-corrected chi connectivity index (χ4v) is 4.29. The second-order valence-corrected chi connectivity index (χ2v) is 7.30. The van der Waals surface area contributed by atoms with Gasteiger partial charge in [0.25, 0.3) is 0 Å². The molecule has 8 heteroatoms. The quantitative estimate of drug-likeness (QED) is 0.399. The van der Waals surface area contributed by atoms with Crippen molar-refractivity contribution in [1.29, 1.82) is 0 Å². The van der Waals surface area contributed by atoms with Gasteiger partial charge < -0.3 is 24.4 Å². The molecule has 0 aromatic rings. The predicted octanol–water partition coefficient (Wildman–Crippen LogP) is 1.23. The number of ether oxygens (including phenoxy) is 2. The summed E-state index contributed by atoms with van der Waals surface area (Å²) < 4.78 is 10.3. The maximum atomic E-state index is 12.6. The zero-order chi connectivity index (χ0) is 20.4. The van der Waals surface area contributed by atoms with Crippen LogP contribution >= 0.6 is 0 Å². The van der Waals surface area contributed by atoms with E-state index in [1.54, 1.807) is 11.8 Å². The molecule has 2 amide bonds. The van der Waals surface area contributed by atoms with Gasteiger partial charge in [-0.3, -0.25) is 4.79 Å². The second-order valence-electron chi connectivity index (χ2n) is 7.30. The molecule has 2 saturated heterocycles. The maximum Gasteiger partial charge on any atom is 0.410 e. The van der Waals surface area contributed by atoms with Gasteiger partial charge in [-0.05, 0) is 25.3 Å². The minimum atomic E-state index is -0.785. The molecule has 0 bridgehead atoms.